The fourth-order valence-corrected chi connectivity index (χ4v) is 6.79. The predicted octanol–water partition coefficient (Wildman–Crippen LogP) is 3.24. The zero-order chi connectivity index (χ0) is 15.5. The lowest BCUT2D eigenvalue weighted by molar-refractivity contribution is -0.170. The number of hydrogen-bond donors (Lipinski definition) is 0. The summed E-state index contributed by atoms with van der Waals surface area (Å²) in [6, 6.07) is 1.88. The first-order chi connectivity index (χ1) is 9.69. The lowest BCUT2D eigenvalue weighted by Gasteiger charge is -2.35. The average Bonchev–Trinajstić information content (AvgIpc) is 2.60. The molecule has 0 radical (unpaired) electrons. The highest BCUT2D eigenvalue weighted by atomic mass is 32.2. The fraction of sp³-hybridized carbons (Fsp3) is 0.500. The van der Waals surface area contributed by atoms with Gasteiger partial charge in [-0.05, 0) is 30.1 Å². The van der Waals surface area contributed by atoms with Crippen molar-refractivity contribution in [1.82, 2.24) is 0 Å². The molecular weight excluding hydrogens is 345 g/mol. The highest BCUT2D eigenvalue weighted by molar-refractivity contribution is 8.18. The van der Waals surface area contributed by atoms with Crippen LogP contribution < -0.4 is 4.74 Å². The van der Waals surface area contributed by atoms with E-state index < -0.39 is 31.6 Å². The Morgan fingerprint density at radius 2 is 1.86 bits per heavy atom. The van der Waals surface area contributed by atoms with Gasteiger partial charge >= 0.3 is 6.11 Å². The number of fused-ring (bicyclic) bond motifs is 2. The summed E-state index contributed by atoms with van der Waals surface area (Å²) in [5.74, 6) is -0.749. The zero-order valence-corrected chi connectivity index (χ0v) is 13.3. The van der Waals surface area contributed by atoms with Crippen LogP contribution in [0.25, 0.3) is 0 Å². The quantitative estimate of drug-likeness (QED) is 0.723. The molecule has 0 bridgehead atoms. The molecule has 1 spiro atoms. The normalized spacial score (nSPS) is 22.9. The molecule has 1 aromatic rings. The first kappa shape index (κ1) is 15.4. The van der Waals surface area contributed by atoms with Crippen molar-refractivity contribution < 1.29 is 26.3 Å². The summed E-state index contributed by atoms with van der Waals surface area (Å²) in [6.07, 6.45) is -2.01. The molecule has 0 amide bonds. The van der Waals surface area contributed by atoms with Gasteiger partial charge in [-0.2, -0.15) is 8.78 Å². The van der Waals surface area contributed by atoms with Crippen LogP contribution in [0.3, 0.4) is 0 Å². The second-order valence-corrected chi connectivity index (χ2v) is 9.67. The Morgan fingerprint density at radius 1 is 1.24 bits per heavy atom. The lowest BCUT2D eigenvalue weighted by Crippen LogP contribution is -2.41. The lowest BCUT2D eigenvalue weighted by atomic mass is 10.1. The molecule has 3 rings (SSSR count). The van der Waals surface area contributed by atoms with E-state index in [4.69, 9.17) is 0 Å². The van der Waals surface area contributed by atoms with Crippen LogP contribution in [-0.2, 0) is 13.9 Å². The molecule has 0 aromatic heterocycles. The molecular formula is C12H11F3O3S3. The largest absolute Gasteiger partial charge is 0.427 e. The van der Waals surface area contributed by atoms with Crippen molar-refractivity contribution >= 4 is 33.4 Å². The van der Waals surface area contributed by atoms with Gasteiger partial charge in [-0.15, -0.1) is 23.5 Å². The number of benzene rings is 1. The Balaban J connectivity index is 2.34. The van der Waals surface area contributed by atoms with E-state index in [0.29, 0.717) is 11.5 Å². The zero-order valence-electron chi connectivity index (χ0n) is 10.9. The number of alkyl halides is 2. The molecule has 1 saturated heterocycles. The minimum absolute atomic E-state index is 0.246. The third kappa shape index (κ3) is 2.16. The Kier molecular flexibility index (Phi) is 3.46. The minimum Gasteiger partial charge on any atom is -0.427 e. The van der Waals surface area contributed by atoms with E-state index in [1.807, 2.05) is 0 Å². The maximum absolute atomic E-state index is 14.4. The van der Waals surface area contributed by atoms with Crippen molar-refractivity contribution in [1.29, 1.82) is 0 Å². The number of hydrogen-bond acceptors (Lipinski definition) is 5. The van der Waals surface area contributed by atoms with E-state index in [2.05, 4.69) is 4.74 Å². The topological polar surface area (TPSA) is 43.4 Å². The van der Waals surface area contributed by atoms with Crippen LogP contribution in [0.4, 0.5) is 13.2 Å². The molecule has 3 nitrogen and oxygen atoms in total. The van der Waals surface area contributed by atoms with Crippen LogP contribution in [0, 0.1) is 5.82 Å². The summed E-state index contributed by atoms with van der Waals surface area (Å²) in [5, 5.41) is 0. The van der Waals surface area contributed by atoms with Gasteiger partial charge in [-0.1, -0.05) is 0 Å². The summed E-state index contributed by atoms with van der Waals surface area (Å²) < 4.78 is 69.1. The Morgan fingerprint density at radius 3 is 2.43 bits per heavy atom. The number of ether oxygens (including phenoxy) is 1. The molecule has 21 heavy (non-hydrogen) atoms. The van der Waals surface area contributed by atoms with Crippen LogP contribution in [0.15, 0.2) is 17.0 Å². The molecule has 2 aliphatic rings. The molecule has 0 unspecified atom stereocenters. The van der Waals surface area contributed by atoms with Crippen molar-refractivity contribution in [3.05, 3.63) is 23.5 Å². The van der Waals surface area contributed by atoms with Gasteiger partial charge in [0.15, 0.2) is 25.5 Å². The summed E-state index contributed by atoms with van der Waals surface area (Å²) in [7, 11) is -3.78. The fourth-order valence-electron chi connectivity index (χ4n) is 2.45. The minimum atomic E-state index is -3.78. The second kappa shape index (κ2) is 4.73. The van der Waals surface area contributed by atoms with Gasteiger partial charge in [-0.3, -0.25) is 0 Å². The van der Waals surface area contributed by atoms with Gasteiger partial charge in [-0.25, -0.2) is 12.8 Å². The van der Waals surface area contributed by atoms with Crippen LogP contribution in [0.5, 0.6) is 5.75 Å². The highest BCUT2D eigenvalue weighted by Gasteiger charge is 2.67. The van der Waals surface area contributed by atoms with Gasteiger partial charge in [0, 0.05) is 6.26 Å². The molecule has 116 valence electrons. The Bertz CT molecular complexity index is 697. The molecule has 0 N–H and O–H groups in total. The maximum Gasteiger partial charge on any atom is 0.427 e. The molecule has 0 saturated carbocycles. The first-order valence-electron chi connectivity index (χ1n) is 6.07. The van der Waals surface area contributed by atoms with E-state index in [-0.39, 0.29) is 10.5 Å². The van der Waals surface area contributed by atoms with Crippen molar-refractivity contribution in [3.63, 3.8) is 0 Å². The Labute approximate surface area is 128 Å². The van der Waals surface area contributed by atoms with E-state index in [0.717, 1.165) is 48.3 Å². The van der Waals surface area contributed by atoms with Gasteiger partial charge in [0.25, 0.3) is 0 Å². The first-order valence-corrected chi connectivity index (χ1v) is 9.93. The molecule has 2 heterocycles. The second-order valence-electron chi connectivity index (χ2n) is 4.81. The van der Waals surface area contributed by atoms with Gasteiger partial charge in [0.2, 0.25) is 0 Å². The van der Waals surface area contributed by atoms with E-state index in [9.17, 15) is 21.6 Å². The standard InChI is InChI=1S/C12H11F3O3S3/c1-21(16,17)8-4-3-7(13)10-9(8)11(12(14,15)18-10)19-5-2-6-20-11/h3-4H,2,5-6H2,1H3. The molecule has 9 heteroatoms. The summed E-state index contributed by atoms with van der Waals surface area (Å²) >= 11 is 1.84. The van der Waals surface area contributed by atoms with E-state index >= 15 is 0 Å². The van der Waals surface area contributed by atoms with E-state index in [1.54, 1.807) is 0 Å². The van der Waals surface area contributed by atoms with Crippen LogP contribution in [0.2, 0.25) is 0 Å². The predicted molar refractivity (Wildman–Crippen MR) is 76.3 cm³/mol. The molecule has 0 atom stereocenters. The highest BCUT2D eigenvalue weighted by Crippen LogP contribution is 2.66. The third-order valence-corrected chi connectivity index (χ3v) is 7.84. The van der Waals surface area contributed by atoms with Crippen molar-refractivity contribution in [2.45, 2.75) is 21.5 Å². The summed E-state index contributed by atoms with van der Waals surface area (Å²) in [6.45, 7) is 0. The third-order valence-electron chi connectivity index (χ3n) is 3.31. The molecule has 2 aliphatic heterocycles. The number of thioether (sulfide) groups is 2. The van der Waals surface area contributed by atoms with Crippen LogP contribution in [-0.4, -0.2) is 32.3 Å². The van der Waals surface area contributed by atoms with E-state index in [1.165, 1.54) is 0 Å². The summed E-state index contributed by atoms with van der Waals surface area (Å²) in [4.78, 5) is -0.294. The number of sulfone groups is 1. The Hall–Kier alpha value is -0.540. The van der Waals surface area contributed by atoms with Crippen LogP contribution in [0.1, 0.15) is 12.0 Å². The smallest absolute Gasteiger partial charge is 0.427 e. The van der Waals surface area contributed by atoms with Gasteiger partial charge in [0.1, 0.15) is 0 Å². The molecule has 1 fully saturated rings. The van der Waals surface area contributed by atoms with Gasteiger partial charge < -0.3 is 4.74 Å². The maximum atomic E-state index is 14.4. The van der Waals surface area contributed by atoms with Gasteiger partial charge in [0.05, 0.1) is 10.5 Å². The number of halogens is 3. The van der Waals surface area contributed by atoms with Crippen molar-refractivity contribution in [3.8, 4) is 5.75 Å². The number of rotatable bonds is 1. The SMILES string of the molecule is CS(=O)(=O)c1ccc(F)c2c1C1(SCCCS1)C(F)(F)O2. The monoisotopic (exact) mass is 356 g/mol. The van der Waals surface area contributed by atoms with Crippen molar-refractivity contribution in [2.24, 2.45) is 0 Å². The van der Waals surface area contributed by atoms with Crippen molar-refractivity contribution in [2.75, 3.05) is 17.8 Å². The average molecular weight is 356 g/mol. The molecule has 0 aliphatic carbocycles. The summed E-state index contributed by atoms with van der Waals surface area (Å²) in [5.41, 5.74) is -0.246. The molecule has 1 aromatic carbocycles. The van der Waals surface area contributed by atoms with Crippen LogP contribution >= 0.6 is 23.5 Å².